The van der Waals surface area contributed by atoms with Crippen molar-refractivity contribution >= 4 is 21.6 Å². The summed E-state index contributed by atoms with van der Waals surface area (Å²) in [5, 5.41) is 9.03. The summed E-state index contributed by atoms with van der Waals surface area (Å²) >= 11 is 3.47. The van der Waals surface area contributed by atoms with Crippen LogP contribution in [0.5, 0.6) is 0 Å². The summed E-state index contributed by atoms with van der Waals surface area (Å²) in [6.07, 6.45) is 0.979. The molecule has 0 bridgehead atoms. The lowest BCUT2D eigenvalue weighted by atomic mass is 10.0. The van der Waals surface area contributed by atoms with Gasteiger partial charge in [0.05, 0.1) is 12.0 Å². The second-order valence-electron chi connectivity index (χ2n) is 4.39. The standard InChI is InChI=1S/C13H15BrN2/c1-9-7-12(14)3-4-13(9)16-6-5-11(8-15)10(16)2/h3-4,7,10-11H,5-6H2,1-2H3. The number of hydrogen-bond donors (Lipinski definition) is 0. The van der Waals surface area contributed by atoms with Crippen molar-refractivity contribution in [2.24, 2.45) is 5.92 Å². The van der Waals surface area contributed by atoms with Crippen LogP contribution in [0.3, 0.4) is 0 Å². The monoisotopic (exact) mass is 278 g/mol. The van der Waals surface area contributed by atoms with Crippen molar-refractivity contribution in [1.29, 1.82) is 5.26 Å². The lowest BCUT2D eigenvalue weighted by Gasteiger charge is -2.26. The smallest absolute Gasteiger partial charge is 0.0681 e. The number of benzene rings is 1. The van der Waals surface area contributed by atoms with E-state index in [2.05, 4.69) is 58.9 Å². The number of halogens is 1. The van der Waals surface area contributed by atoms with E-state index in [-0.39, 0.29) is 5.92 Å². The Morgan fingerprint density at radius 2 is 2.25 bits per heavy atom. The maximum atomic E-state index is 9.03. The Balaban J connectivity index is 2.29. The van der Waals surface area contributed by atoms with Gasteiger partial charge in [-0.2, -0.15) is 5.26 Å². The first-order valence-electron chi connectivity index (χ1n) is 5.56. The van der Waals surface area contributed by atoms with Gasteiger partial charge in [-0.05, 0) is 44.0 Å². The first-order valence-corrected chi connectivity index (χ1v) is 6.35. The molecule has 1 saturated heterocycles. The van der Waals surface area contributed by atoms with E-state index in [9.17, 15) is 0 Å². The van der Waals surface area contributed by atoms with E-state index in [0.717, 1.165) is 17.4 Å². The number of aryl methyl sites for hydroxylation is 1. The van der Waals surface area contributed by atoms with Gasteiger partial charge in [-0.1, -0.05) is 15.9 Å². The van der Waals surface area contributed by atoms with Crippen LogP contribution in [0.15, 0.2) is 22.7 Å². The molecular formula is C13H15BrN2. The van der Waals surface area contributed by atoms with Crippen LogP contribution in [0.25, 0.3) is 0 Å². The summed E-state index contributed by atoms with van der Waals surface area (Å²) in [5.41, 5.74) is 2.52. The molecule has 0 N–H and O–H groups in total. The number of nitriles is 1. The predicted molar refractivity (Wildman–Crippen MR) is 69.4 cm³/mol. The highest BCUT2D eigenvalue weighted by atomic mass is 79.9. The second kappa shape index (κ2) is 4.47. The Bertz CT molecular complexity index is 436. The number of nitrogens with zero attached hydrogens (tertiary/aromatic N) is 2. The fourth-order valence-corrected chi connectivity index (χ4v) is 2.87. The first kappa shape index (κ1) is 11.5. The maximum Gasteiger partial charge on any atom is 0.0681 e. The van der Waals surface area contributed by atoms with Crippen LogP contribution in [0, 0.1) is 24.2 Å². The van der Waals surface area contributed by atoms with E-state index in [4.69, 9.17) is 5.26 Å². The van der Waals surface area contributed by atoms with Crippen LogP contribution < -0.4 is 4.90 Å². The summed E-state index contributed by atoms with van der Waals surface area (Å²) in [6.45, 7) is 5.25. The maximum absolute atomic E-state index is 9.03. The molecule has 1 aliphatic rings. The average Bonchev–Trinajstić information content (AvgIpc) is 2.60. The molecule has 0 amide bonds. The predicted octanol–water partition coefficient (Wildman–Crippen LogP) is 3.50. The molecule has 2 nitrogen and oxygen atoms in total. The Morgan fingerprint density at radius 3 is 2.81 bits per heavy atom. The van der Waals surface area contributed by atoms with Crippen molar-refractivity contribution in [2.75, 3.05) is 11.4 Å². The van der Waals surface area contributed by atoms with E-state index in [1.807, 2.05) is 0 Å². The molecule has 2 atom stereocenters. The van der Waals surface area contributed by atoms with Crippen LogP contribution in [0.1, 0.15) is 18.9 Å². The number of anilines is 1. The zero-order chi connectivity index (χ0) is 11.7. The van der Waals surface area contributed by atoms with Crippen LogP contribution in [0.2, 0.25) is 0 Å². The molecule has 84 valence electrons. The van der Waals surface area contributed by atoms with Crippen LogP contribution >= 0.6 is 15.9 Å². The molecule has 2 unspecified atom stereocenters. The molecule has 2 rings (SSSR count). The van der Waals surface area contributed by atoms with E-state index < -0.39 is 0 Å². The molecule has 1 heterocycles. The van der Waals surface area contributed by atoms with Gasteiger partial charge in [0.25, 0.3) is 0 Å². The SMILES string of the molecule is Cc1cc(Br)ccc1N1CCC(C#N)C1C. The summed E-state index contributed by atoms with van der Waals surface area (Å²) < 4.78 is 1.11. The molecular weight excluding hydrogens is 264 g/mol. The highest BCUT2D eigenvalue weighted by molar-refractivity contribution is 9.10. The molecule has 1 aromatic carbocycles. The minimum absolute atomic E-state index is 0.169. The highest BCUT2D eigenvalue weighted by Crippen LogP contribution is 2.32. The lowest BCUT2D eigenvalue weighted by Crippen LogP contribution is -2.29. The van der Waals surface area contributed by atoms with Gasteiger partial charge in [-0.3, -0.25) is 0 Å². The largest absolute Gasteiger partial charge is 0.367 e. The molecule has 1 aliphatic heterocycles. The summed E-state index contributed by atoms with van der Waals surface area (Å²) in [4.78, 5) is 2.34. The molecule has 1 fully saturated rings. The fraction of sp³-hybridized carbons (Fsp3) is 0.462. The van der Waals surface area contributed by atoms with Gasteiger partial charge < -0.3 is 4.90 Å². The van der Waals surface area contributed by atoms with Crippen molar-refractivity contribution < 1.29 is 0 Å². The normalized spacial score (nSPS) is 24.5. The van der Waals surface area contributed by atoms with Gasteiger partial charge in [0.15, 0.2) is 0 Å². The van der Waals surface area contributed by atoms with E-state index in [1.54, 1.807) is 0 Å². The highest BCUT2D eigenvalue weighted by Gasteiger charge is 2.31. The molecule has 16 heavy (non-hydrogen) atoms. The van der Waals surface area contributed by atoms with E-state index >= 15 is 0 Å². The zero-order valence-corrected chi connectivity index (χ0v) is 11.2. The number of hydrogen-bond acceptors (Lipinski definition) is 2. The topological polar surface area (TPSA) is 27.0 Å². The second-order valence-corrected chi connectivity index (χ2v) is 5.30. The Kier molecular flexibility index (Phi) is 3.20. The number of rotatable bonds is 1. The summed E-state index contributed by atoms with van der Waals surface area (Å²) in [6, 6.07) is 9.04. The third-order valence-electron chi connectivity index (χ3n) is 3.39. The van der Waals surface area contributed by atoms with E-state index in [0.29, 0.717) is 6.04 Å². The van der Waals surface area contributed by atoms with Crippen LogP contribution in [0.4, 0.5) is 5.69 Å². The average molecular weight is 279 g/mol. The van der Waals surface area contributed by atoms with Crippen molar-refractivity contribution in [1.82, 2.24) is 0 Å². The van der Waals surface area contributed by atoms with Gasteiger partial charge in [0.2, 0.25) is 0 Å². The van der Waals surface area contributed by atoms with Gasteiger partial charge >= 0.3 is 0 Å². The molecule has 0 spiro atoms. The van der Waals surface area contributed by atoms with Crippen LogP contribution in [-0.2, 0) is 0 Å². The van der Waals surface area contributed by atoms with Crippen molar-refractivity contribution in [2.45, 2.75) is 26.3 Å². The quantitative estimate of drug-likeness (QED) is 0.786. The molecule has 0 aliphatic carbocycles. The van der Waals surface area contributed by atoms with Gasteiger partial charge in [-0.25, -0.2) is 0 Å². The van der Waals surface area contributed by atoms with Crippen molar-refractivity contribution in [3.8, 4) is 6.07 Å². The van der Waals surface area contributed by atoms with Gasteiger partial charge in [0, 0.05) is 22.7 Å². The Hall–Kier alpha value is -1.01. The van der Waals surface area contributed by atoms with E-state index in [1.165, 1.54) is 11.3 Å². The fourth-order valence-electron chi connectivity index (χ4n) is 2.39. The zero-order valence-electron chi connectivity index (χ0n) is 9.57. The van der Waals surface area contributed by atoms with Crippen molar-refractivity contribution in [3.05, 3.63) is 28.2 Å². The third-order valence-corrected chi connectivity index (χ3v) is 3.88. The Labute approximate surface area is 105 Å². The molecule has 1 aromatic rings. The third kappa shape index (κ3) is 1.94. The van der Waals surface area contributed by atoms with Gasteiger partial charge in [-0.15, -0.1) is 0 Å². The van der Waals surface area contributed by atoms with Crippen LogP contribution in [-0.4, -0.2) is 12.6 Å². The minimum atomic E-state index is 0.169. The molecule has 0 aromatic heterocycles. The summed E-state index contributed by atoms with van der Waals surface area (Å²) in [5.74, 6) is 0.169. The molecule has 0 saturated carbocycles. The first-order chi connectivity index (χ1) is 7.63. The van der Waals surface area contributed by atoms with Crippen molar-refractivity contribution in [3.63, 3.8) is 0 Å². The lowest BCUT2D eigenvalue weighted by molar-refractivity contribution is 0.615. The Morgan fingerprint density at radius 1 is 1.50 bits per heavy atom. The summed E-state index contributed by atoms with van der Waals surface area (Å²) in [7, 11) is 0. The minimum Gasteiger partial charge on any atom is -0.367 e. The molecule has 3 heteroatoms. The van der Waals surface area contributed by atoms with Gasteiger partial charge in [0.1, 0.15) is 0 Å². The molecule has 0 radical (unpaired) electrons.